The second kappa shape index (κ2) is 7.10. The largest absolute Gasteiger partial charge is 0.385 e. The lowest BCUT2D eigenvalue weighted by atomic mass is 10.0. The number of rotatable bonds is 7. The third-order valence-electron chi connectivity index (χ3n) is 3.47. The minimum Gasteiger partial charge on any atom is -0.385 e. The fraction of sp³-hybridized carbons (Fsp3) is 0.643. The molecule has 0 fully saturated rings. The first kappa shape index (κ1) is 15.4. The first-order valence-electron chi connectivity index (χ1n) is 6.41. The highest BCUT2D eigenvalue weighted by Crippen LogP contribution is 2.34. The molecule has 0 aliphatic carbocycles. The Morgan fingerprint density at radius 3 is 2.67 bits per heavy atom. The molecule has 1 heterocycles. The van der Waals surface area contributed by atoms with Crippen LogP contribution in [0.25, 0.3) is 0 Å². The van der Waals surface area contributed by atoms with Crippen LogP contribution in [0, 0.1) is 6.92 Å². The maximum atomic E-state index is 11.2. The molecule has 102 valence electrons. The summed E-state index contributed by atoms with van der Waals surface area (Å²) in [5.41, 5.74) is 3.05. The van der Waals surface area contributed by atoms with Crippen LogP contribution < -0.4 is 0 Å². The van der Waals surface area contributed by atoms with Crippen LogP contribution in [-0.2, 0) is 11.3 Å². The number of methoxy groups -OCH3 is 1. The Bertz CT molecular complexity index is 412. The topological polar surface area (TPSA) is 31.2 Å². The van der Waals surface area contributed by atoms with E-state index in [1.807, 2.05) is 6.92 Å². The van der Waals surface area contributed by atoms with E-state index < -0.39 is 0 Å². The van der Waals surface area contributed by atoms with Gasteiger partial charge in [0.25, 0.3) is 0 Å². The predicted molar refractivity (Wildman–Crippen MR) is 77.5 cm³/mol. The second-order valence-electron chi connectivity index (χ2n) is 4.62. The van der Waals surface area contributed by atoms with E-state index >= 15 is 0 Å². The summed E-state index contributed by atoms with van der Waals surface area (Å²) in [7, 11) is 1.71. The lowest BCUT2D eigenvalue weighted by Crippen LogP contribution is -2.09. The number of hydrogen-bond donors (Lipinski definition) is 0. The van der Waals surface area contributed by atoms with Crippen molar-refractivity contribution in [2.24, 2.45) is 0 Å². The molecule has 0 N–H and O–H groups in total. The third kappa shape index (κ3) is 3.04. The SMILES string of the molecule is CCC(C)c1c(Br)c(C=O)c(C)n1CCCOC. The van der Waals surface area contributed by atoms with Crippen LogP contribution in [0.3, 0.4) is 0 Å². The summed E-state index contributed by atoms with van der Waals surface area (Å²) in [5.74, 6) is 0.439. The molecule has 1 rings (SSSR count). The highest BCUT2D eigenvalue weighted by molar-refractivity contribution is 9.10. The van der Waals surface area contributed by atoms with Crippen LogP contribution >= 0.6 is 15.9 Å². The lowest BCUT2D eigenvalue weighted by molar-refractivity contribution is 0.112. The zero-order chi connectivity index (χ0) is 13.7. The fourth-order valence-corrected chi connectivity index (χ4v) is 3.19. The van der Waals surface area contributed by atoms with E-state index in [0.29, 0.717) is 5.92 Å². The molecule has 1 atom stereocenters. The van der Waals surface area contributed by atoms with Gasteiger partial charge >= 0.3 is 0 Å². The average Bonchev–Trinajstić information content (AvgIpc) is 2.60. The quantitative estimate of drug-likeness (QED) is 0.564. The van der Waals surface area contributed by atoms with E-state index in [4.69, 9.17) is 4.74 Å². The molecule has 0 radical (unpaired) electrons. The van der Waals surface area contributed by atoms with Crippen LogP contribution in [0.4, 0.5) is 0 Å². The summed E-state index contributed by atoms with van der Waals surface area (Å²) in [5, 5.41) is 0. The van der Waals surface area contributed by atoms with E-state index in [1.165, 1.54) is 5.69 Å². The van der Waals surface area contributed by atoms with Crippen molar-refractivity contribution in [1.29, 1.82) is 0 Å². The molecule has 0 aliphatic rings. The van der Waals surface area contributed by atoms with Gasteiger partial charge < -0.3 is 9.30 Å². The van der Waals surface area contributed by atoms with Gasteiger partial charge in [-0.1, -0.05) is 13.8 Å². The van der Waals surface area contributed by atoms with E-state index in [2.05, 4.69) is 34.3 Å². The molecular weight excluding hydrogens is 294 g/mol. The number of nitrogens with zero attached hydrogens (tertiary/aromatic N) is 1. The Morgan fingerprint density at radius 2 is 2.17 bits per heavy atom. The molecule has 0 aromatic carbocycles. The van der Waals surface area contributed by atoms with Crippen LogP contribution in [0.2, 0.25) is 0 Å². The van der Waals surface area contributed by atoms with Crippen molar-refractivity contribution in [3.63, 3.8) is 0 Å². The number of halogens is 1. The maximum Gasteiger partial charge on any atom is 0.153 e. The number of ether oxygens (including phenoxy) is 1. The average molecular weight is 316 g/mol. The molecule has 0 saturated carbocycles. The zero-order valence-electron chi connectivity index (χ0n) is 11.6. The van der Waals surface area contributed by atoms with Crippen LogP contribution in [0.15, 0.2) is 4.47 Å². The van der Waals surface area contributed by atoms with Crippen molar-refractivity contribution in [2.45, 2.75) is 46.1 Å². The van der Waals surface area contributed by atoms with E-state index in [1.54, 1.807) is 7.11 Å². The number of aldehydes is 1. The lowest BCUT2D eigenvalue weighted by Gasteiger charge is -2.16. The Kier molecular flexibility index (Phi) is 6.09. The molecule has 1 aromatic heterocycles. The first-order chi connectivity index (χ1) is 8.58. The Hall–Kier alpha value is -0.610. The van der Waals surface area contributed by atoms with Gasteiger partial charge in [0, 0.05) is 41.7 Å². The molecule has 0 saturated heterocycles. The van der Waals surface area contributed by atoms with Crippen molar-refractivity contribution in [3.8, 4) is 0 Å². The molecule has 3 nitrogen and oxygen atoms in total. The molecule has 0 spiro atoms. The molecule has 0 aliphatic heterocycles. The minimum atomic E-state index is 0.439. The van der Waals surface area contributed by atoms with Crippen molar-refractivity contribution in [2.75, 3.05) is 13.7 Å². The van der Waals surface area contributed by atoms with Gasteiger partial charge in [-0.3, -0.25) is 4.79 Å². The van der Waals surface area contributed by atoms with Crippen molar-refractivity contribution >= 4 is 22.2 Å². The maximum absolute atomic E-state index is 11.2. The van der Waals surface area contributed by atoms with Crippen LogP contribution in [0.1, 0.15) is 54.4 Å². The summed E-state index contributed by atoms with van der Waals surface area (Å²) in [6.07, 6.45) is 2.96. The Morgan fingerprint density at radius 1 is 1.50 bits per heavy atom. The third-order valence-corrected chi connectivity index (χ3v) is 4.31. The summed E-state index contributed by atoms with van der Waals surface area (Å²) < 4.78 is 8.31. The van der Waals surface area contributed by atoms with Gasteiger partial charge in [0.1, 0.15) is 0 Å². The van der Waals surface area contributed by atoms with Crippen LogP contribution in [0.5, 0.6) is 0 Å². The summed E-state index contributed by atoms with van der Waals surface area (Å²) in [4.78, 5) is 11.2. The van der Waals surface area contributed by atoms with Crippen LogP contribution in [-0.4, -0.2) is 24.6 Å². The fourth-order valence-electron chi connectivity index (χ4n) is 2.21. The van der Waals surface area contributed by atoms with E-state index in [-0.39, 0.29) is 0 Å². The monoisotopic (exact) mass is 315 g/mol. The molecule has 1 aromatic rings. The Labute approximate surface area is 118 Å². The standard InChI is InChI=1S/C14H22BrNO2/c1-5-10(2)14-13(15)12(9-17)11(3)16(14)7-6-8-18-4/h9-10H,5-8H2,1-4H3. The number of carbonyl (C=O) groups excluding carboxylic acids is 1. The summed E-state index contributed by atoms with van der Waals surface area (Å²) >= 11 is 3.58. The minimum absolute atomic E-state index is 0.439. The first-order valence-corrected chi connectivity index (χ1v) is 7.20. The van der Waals surface area contributed by atoms with Crippen molar-refractivity contribution in [3.05, 3.63) is 21.4 Å². The van der Waals surface area contributed by atoms with Crippen molar-refractivity contribution in [1.82, 2.24) is 4.57 Å². The highest BCUT2D eigenvalue weighted by Gasteiger charge is 2.21. The molecule has 0 amide bonds. The summed E-state index contributed by atoms with van der Waals surface area (Å²) in [6.45, 7) is 8.00. The Balaban J connectivity index is 3.15. The van der Waals surface area contributed by atoms with E-state index in [0.717, 1.165) is 48.0 Å². The van der Waals surface area contributed by atoms with Gasteiger partial charge in [0.05, 0.1) is 0 Å². The van der Waals surface area contributed by atoms with Gasteiger partial charge in [-0.05, 0) is 41.6 Å². The van der Waals surface area contributed by atoms with Gasteiger partial charge in [0.2, 0.25) is 0 Å². The molecule has 0 bridgehead atoms. The molecule has 18 heavy (non-hydrogen) atoms. The predicted octanol–water partition coefficient (Wildman–Crippen LogP) is 3.92. The number of aromatic nitrogens is 1. The normalized spacial score (nSPS) is 12.7. The highest BCUT2D eigenvalue weighted by atomic mass is 79.9. The van der Waals surface area contributed by atoms with Gasteiger partial charge in [-0.15, -0.1) is 0 Å². The smallest absolute Gasteiger partial charge is 0.153 e. The van der Waals surface area contributed by atoms with Gasteiger partial charge in [-0.25, -0.2) is 0 Å². The van der Waals surface area contributed by atoms with Gasteiger partial charge in [0.15, 0.2) is 6.29 Å². The second-order valence-corrected chi connectivity index (χ2v) is 5.42. The zero-order valence-corrected chi connectivity index (χ0v) is 13.2. The molecular formula is C14H22BrNO2. The number of hydrogen-bond acceptors (Lipinski definition) is 2. The molecule has 1 unspecified atom stereocenters. The molecule has 4 heteroatoms. The van der Waals surface area contributed by atoms with Gasteiger partial charge in [-0.2, -0.15) is 0 Å². The van der Waals surface area contributed by atoms with Crippen molar-refractivity contribution < 1.29 is 9.53 Å². The number of carbonyl (C=O) groups is 1. The van der Waals surface area contributed by atoms with E-state index in [9.17, 15) is 4.79 Å². The summed E-state index contributed by atoms with van der Waals surface area (Å²) in [6, 6.07) is 0.